The van der Waals surface area contributed by atoms with E-state index in [2.05, 4.69) is 15.4 Å². The Hall–Kier alpha value is -2.84. The van der Waals surface area contributed by atoms with Gasteiger partial charge in [-0.25, -0.2) is 0 Å². The maximum Gasteiger partial charge on any atom is 0.451 e. The van der Waals surface area contributed by atoms with Gasteiger partial charge in [0.05, 0.1) is 0 Å². The lowest BCUT2D eigenvalue weighted by Crippen LogP contribution is -2.14. The van der Waals surface area contributed by atoms with E-state index in [4.69, 9.17) is 0 Å². The minimum Gasteiger partial charge on any atom is -0.350 e. The van der Waals surface area contributed by atoms with Crippen LogP contribution < -0.4 is 5.32 Å². The number of benzene rings is 1. The molecule has 1 amide bonds. The van der Waals surface area contributed by atoms with Gasteiger partial charge in [-0.05, 0) is 18.1 Å². The highest BCUT2D eigenvalue weighted by Gasteiger charge is 2.35. The number of fused-ring (bicyclic) bond motifs is 1. The number of carbonyl (C=O) groups is 1. The standard InChI is InChI=1S/C15H14F3N5O/c1-23-8-9(10-4-2-3-5-11(10)23)6-7-12(24)19-14-20-13(21-22-14)15(16,17)18/h2-5,8H,6-7H2,1H3,(H2,19,20,21,22,24). The molecule has 0 saturated carbocycles. The monoisotopic (exact) mass is 337 g/mol. The number of amides is 1. The van der Waals surface area contributed by atoms with Gasteiger partial charge in [-0.3, -0.25) is 15.2 Å². The predicted octanol–water partition coefficient (Wildman–Crippen LogP) is 2.89. The minimum absolute atomic E-state index is 0.115. The van der Waals surface area contributed by atoms with Crippen LogP contribution in [-0.4, -0.2) is 25.7 Å². The topological polar surface area (TPSA) is 75.6 Å². The molecule has 2 heterocycles. The fourth-order valence-corrected chi connectivity index (χ4v) is 2.50. The van der Waals surface area contributed by atoms with Crippen molar-refractivity contribution in [3.63, 3.8) is 0 Å². The Balaban J connectivity index is 1.64. The van der Waals surface area contributed by atoms with Crippen LogP contribution in [0.5, 0.6) is 0 Å². The van der Waals surface area contributed by atoms with Crippen LogP contribution in [0.4, 0.5) is 19.1 Å². The Labute approximate surface area is 134 Å². The van der Waals surface area contributed by atoms with Gasteiger partial charge >= 0.3 is 6.18 Å². The highest BCUT2D eigenvalue weighted by atomic mass is 19.4. The summed E-state index contributed by atoms with van der Waals surface area (Å²) >= 11 is 0. The number of aromatic amines is 1. The summed E-state index contributed by atoms with van der Waals surface area (Å²) < 4.78 is 39.2. The Morgan fingerprint density at radius 3 is 2.79 bits per heavy atom. The molecule has 0 aliphatic heterocycles. The fraction of sp³-hybridized carbons (Fsp3) is 0.267. The first-order chi connectivity index (χ1) is 11.3. The maximum atomic E-state index is 12.4. The molecule has 0 atom stereocenters. The Kier molecular flexibility index (Phi) is 4.00. The second-order valence-corrected chi connectivity index (χ2v) is 5.34. The third-order valence-corrected chi connectivity index (χ3v) is 3.61. The third-order valence-electron chi connectivity index (χ3n) is 3.61. The van der Waals surface area contributed by atoms with Crippen molar-refractivity contribution in [1.82, 2.24) is 19.7 Å². The molecule has 126 valence electrons. The molecule has 24 heavy (non-hydrogen) atoms. The van der Waals surface area contributed by atoms with E-state index < -0.39 is 17.9 Å². The van der Waals surface area contributed by atoms with Crippen LogP contribution in [0.25, 0.3) is 10.9 Å². The summed E-state index contributed by atoms with van der Waals surface area (Å²) in [6.07, 6.45) is -2.11. The van der Waals surface area contributed by atoms with E-state index in [0.717, 1.165) is 16.5 Å². The number of para-hydroxylation sites is 1. The number of anilines is 1. The second kappa shape index (κ2) is 5.99. The van der Waals surface area contributed by atoms with Crippen LogP contribution in [0.1, 0.15) is 17.8 Å². The van der Waals surface area contributed by atoms with Crippen LogP contribution in [0.2, 0.25) is 0 Å². The first-order valence-corrected chi connectivity index (χ1v) is 7.17. The minimum atomic E-state index is -4.63. The SMILES string of the molecule is Cn1cc(CCC(=O)Nc2n[nH]c(C(F)(F)F)n2)c2ccccc21. The van der Waals surface area contributed by atoms with Crippen molar-refractivity contribution in [2.45, 2.75) is 19.0 Å². The highest BCUT2D eigenvalue weighted by Crippen LogP contribution is 2.26. The van der Waals surface area contributed by atoms with Crippen molar-refractivity contribution >= 4 is 22.8 Å². The van der Waals surface area contributed by atoms with Gasteiger partial charge in [-0.2, -0.15) is 18.2 Å². The molecule has 0 aliphatic carbocycles. The Bertz CT molecular complexity index is 881. The van der Waals surface area contributed by atoms with E-state index in [1.807, 2.05) is 42.1 Å². The van der Waals surface area contributed by atoms with Gasteiger partial charge in [0.15, 0.2) is 0 Å². The van der Waals surface area contributed by atoms with E-state index in [1.165, 1.54) is 0 Å². The predicted molar refractivity (Wildman–Crippen MR) is 81.3 cm³/mol. The number of carbonyl (C=O) groups excluding carboxylic acids is 1. The average molecular weight is 337 g/mol. The number of nitrogens with zero attached hydrogens (tertiary/aromatic N) is 3. The molecule has 2 aromatic heterocycles. The van der Waals surface area contributed by atoms with Crippen molar-refractivity contribution in [2.24, 2.45) is 7.05 Å². The number of rotatable bonds is 4. The zero-order valence-corrected chi connectivity index (χ0v) is 12.7. The number of nitrogens with one attached hydrogen (secondary N) is 2. The molecule has 0 bridgehead atoms. The first-order valence-electron chi connectivity index (χ1n) is 7.17. The smallest absolute Gasteiger partial charge is 0.350 e. The lowest BCUT2D eigenvalue weighted by atomic mass is 10.1. The number of hydrogen-bond acceptors (Lipinski definition) is 3. The van der Waals surface area contributed by atoms with Gasteiger partial charge in [0.25, 0.3) is 0 Å². The molecular weight excluding hydrogens is 323 g/mol. The van der Waals surface area contributed by atoms with E-state index in [1.54, 1.807) is 5.10 Å². The number of aryl methyl sites for hydroxylation is 2. The number of aromatic nitrogens is 4. The van der Waals surface area contributed by atoms with Gasteiger partial charge < -0.3 is 4.57 Å². The van der Waals surface area contributed by atoms with E-state index in [9.17, 15) is 18.0 Å². The molecule has 0 fully saturated rings. The molecule has 6 nitrogen and oxygen atoms in total. The zero-order chi connectivity index (χ0) is 17.3. The lowest BCUT2D eigenvalue weighted by Gasteiger charge is -2.01. The molecule has 3 rings (SSSR count). The van der Waals surface area contributed by atoms with Gasteiger partial charge in [0, 0.05) is 30.6 Å². The van der Waals surface area contributed by atoms with E-state index in [-0.39, 0.29) is 12.4 Å². The normalized spacial score (nSPS) is 11.8. The van der Waals surface area contributed by atoms with Gasteiger partial charge in [-0.15, -0.1) is 5.10 Å². The van der Waals surface area contributed by atoms with Gasteiger partial charge in [-0.1, -0.05) is 18.2 Å². The van der Waals surface area contributed by atoms with Gasteiger partial charge in [0.1, 0.15) is 0 Å². The van der Waals surface area contributed by atoms with Crippen molar-refractivity contribution in [1.29, 1.82) is 0 Å². The van der Waals surface area contributed by atoms with Crippen LogP contribution >= 0.6 is 0 Å². The summed E-state index contributed by atoms with van der Waals surface area (Å²) in [7, 11) is 1.91. The molecule has 9 heteroatoms. The summed E-state index contributed by atoms with van der Waals surface area (Å²) in [5.41, 5.74) is 2.05. The molecule has 2 N–H and O–H groups in total. The molecule has 0 aliphatic rings. The van der Waals surface area contributed by atoms with Crippen LogP contribution in [0.3, 0.4) is 0 Å². The summed E-state index contributed by atoms with van der Waals surface area (Å²) in [6.45, 7) is 0. The van der Waals surface area contributed by atoms with Crippen molar-refractivity contribution in [3.05, 3.63) is 41.9 Å². The lowest BCUT2D eigenvalue weighted by molar-refractivity contribution is -0.144. The van der Waals surface area contributed by atoms with Crippen molar-refractivity contribution in [3.8, 4) is 0 Å². The number of hydrogen-bond donors (Lipinski definition) is 2. The maximum absolute atomic E-state index is 12.4. The Morgan fingerprint density at radius 1 is 1.33 bits per heavy atom. The summed E-state index contributed by atoms with van der Waals surface area (Å²) in [6, 6.07) is 7.79. The van der Waals surface area contributed by atoms with Crippen LogP contribution in [0.15, 0.2) is 30.5 Å². The number of alkyl halides is 3. The zero-order valence-electron chi connectivity index (χ0n) is 12.7. The summed E-state index contributed by atoms with van der Waals surface area (Å²) in [5.74, 6) is -2.08. The molecule has 3 aromatic rings. The fourth-order valence-electron chi connectivity index (χ4n) is 2.50. The van der Waals surface area contributed by atoms with Gasteiger partial charge in [0.2, 0.25) is 17.7 Å². The quantitative estimate of drug-likeness (QED) is 0.769. The first kappa shape index (κ1) is 16.0. The van der Waals surface area contributed by atoms with Crippen molar-refractivity contribution < 1.29 is 18.0 Å². The largest absolute Gasteiger partial charge is 0.451 e. The highest BCUT2D eigenvalue weighted by molar-refractivity contribution is 5.90. The molecule has 0 unspecified atom stereocenters. The average Bonchev–Trinajstić information content (AvgIpc) is 3.11. The van der Waals surface area contributed by atoms with Crippen molar-refractivity contribution in [2.75, 3.05) is 5.32 Å². The third kappa shape index (κ3) is 3.24. The van der Waals surface area contributed by atoms with E-state index >= 15 is 0 Å². The van der Waals surface area contributed by atoms with Crippen LogP contribution in [0, 0.1) is 0 Å². The summed E-state index contributed by atoms with van der Waals surface area (Å²) in [5, 5.41) is 8.39. The number of halogens is 3. The number of H-pyrrole nitrogens is 1. The molecule has 0 spiro atoms. The molecule has 0 saturated heterocycles. The molecule has 0 radical (unpaired) electrons. The van der Waals surface area contributed by atoms with Crippen LogP contribution in [-0.2, 0) is 24.4 Å². The van der Waals surface area contributed by atoms with E-state index in [0.29, 0.717) is 6.42 Å². The molecular formula is C15H14F3N5O. The Morgan fingerprint density at radius 2 is 2.08 bits per heavy atom. The molecule has 1 aromatic carbocycles. The summed E-state index contributed by atoms with van der Waals surface area (Å²) in [4.78, 5) is 15.1. The second-order valence-electron chi connectivity index (χ2n) is 5.34.